The van der Waals surface area contributed by atoms with Crippen LogP contribution in [0.15, 0.2) is 0 Å². The minimum Gasteiger partial charge on any atom is -0.326 e. The van der Waals surface area contributed by atoms with E-state index in [1.807, 2.05) is 18.5 Å². The van der Waals surface area contributed by atoms with E-state index >= 15 is 0 Å². The van der Waals surface area contributed by atoms with Crippen LogP contribution >= 0.6 is 0 Å². The number of hydrogen-bond acceptors (Lipinski definition) is 3. The van der Waals surface area contributed by atoms with Crippen LogP contribution in [0.2, 0.25) is 0 Å². The Morgan fingerprint density at radius 2 is 2.07 bits per heavy atom. The summed E-state index contributed by atoms with van der Waals surface area (Å²) in [5.74, 6) is 2.29. The summed E-state index contributed by atoms with van der Waals surface area (Å²) < 4.78 is 1.90. The van der Waals surface area contributed by atoms with Gasteiger partial charge in [0.05, 0.1) is 6.54 Å². The maximum absolute atomic E-state index is 6.05. The molecule has 2 atom stereocenters. The maximum Gasteiger partial charge on any atom is 0.147 e. The first-order valence-electron chi connectivity index (χ1n) is 5.18. The molecule has 0 saturated carbocycles. The van der Waals surface area contributed by atoms with Gasteiger partial charge in [0.25, 0.3) is 0 Å². The molecule has 2 N–H and O–H groups in total. The Morgan fingerprint density at radius 3 is 2.50 bits per heavy atom. The van der Waals surface area contributed by atoms with E-state index in [0.29, 0.717) is 5.92 Å². The molecule has 4 heteroatoms. The van der Waals surface area contributed by atoms with E-state index in [1.165, 1.54) is 0 Å². The smallest absolute Gasteiger partial charge is 0.147 e. The molecule has 0 aromatic carbocycles. The first-order valence-corrected chi connectivity index (χ1v) is 5.18. The summed E-state index contributed by atoms with van der Waals surface area (Å²) in [5.41, 5.74) is 6.05. The van der Waals surface area contributed by atoms with Crippen LogP contribution in [0.5, 0.6) is 0 Å². The molecule has 4 nitrogen and oxygen atoms in total. The van der Waals surface area contributed by atoms with Crippen molar-refractivity contribution in [3.63, 3.8) is 0 Å². The van der Waals surface area contributed by atoms with Crippen LogP contribution in [0.3, 0.4) is 0 Å². The summed E-state index contributed by atoms with van der Waals surface area (Å²) in [6.45, 7) is 8.96. The van der Waals surface area contributed by atoms with Gasteiger partial charge < -0.3 is 5.73 Å². The highest BCUT2D eigenvalue weighted by Gasteiger charge is 2.13. The van der Waals surface area contributed by atoms with Crippen LogP contribution < -0.4 is 5.73 Å². The first-order chi connectivity index (χ1) is 6.54. The van der Waals surface area contributed by atoms with E-state index < -0.39 is 0 Å². The Kier molecular flexibility index (Phi) is 3.63. The molecule has 0 fully saturated rings. The summed E-state index contributed by atoms with van der Waals surface area (Å²) >= 11 is 0. The Labute approximate surface area is 85.5 Å². The largest absolute Gasteiger partial charge is 0.326 e. The monoisotopic (exact) mass is 196 g/mol. The zero-order chi connectivity index (χ0) is 10.7. The van der Waals surface area contributed by atoms with Gasteiger partial charge in [0.1, 0.15) is 11.6 Å². The van der Waals surface area contributed by atoms with Gasteiger partial charge in [-0.05, 0) is 19.8 Å². The van der Waals surface area contributed by atoms with Gasteiger partial charge in [0.15, 0.2) is 0 Å². The molecule has 0 aliphatic heterocycles. The Morgan fingerprint density at radius 1 is 1.43 bits per heavy atom. The second-order valence-corrected chi connectivity index (χ2v) is 3.94. The second-order valence-electron chi connectivity index (χ2n) is 3.94. The predicted octanol–water partition coefficient (Wildman–Crippen LogP) is 1.27. The predicted molar refractivity (Wildman–Crippen MR) is 56.9 cm³/mol. The van der Waals surface area contributed by atoms with Crippen molar-refractivity contribution >= 4 is 0 Å². The van der Waals surface area contributed by atoms with Crippen molar-refractivity contribution in [3.8, 4) is 0 Å². The van der Waals surface area contributed by atoms with Gasteiger partial charge in [-0.3, -0.25) is 0 Å². The lowest BCUT2D eigenvalue weighted by Gasteiger charge is -2.18. The highest BCUT2D eigenvalue weighted by molar-refractivity contribution is 4.88. The molecule has 0 aliphatic carbocycles. The standard InChI is InChI=1S/C10H20N4/c1-5-7(2)10(11)6-14-9(4)12-8(3)13-14/h7,10H,5-6,11H2,1-4H3. The van der Waals surface area contributed by atoms with Gasteiger partial charge in [-0.2, -0.15) is 5.10 Å². The van der Waals surface area contributed by atoms with E-state index in [-0.39, 0.29) is 6.04 Å². The summed E-state index contributed by atoms with van der Waals surface area (Å²) in [4.78, 5) is 4.25. The van der Waals surface area contributed by atoms with Gasteiger partial charge in [-0.25, -0.2) is 9.67 Å². The third kappa shape index (κ3) is 2.54. The number of nitrogens with two attached hydrogens (primary N) is 1. The molecule has 1 heterocycles. The summed E-state index contributed by atoms with van der Waals surface area (Å²) in [6.07, 6.45) is 1.11. The van der Waals surface area contributed by atoms with Crippen LogP contribution in [-0.2, 0) is 6.54 Å². The number of hydrogen-bond donors (Lipinski definition) is 1. The molecule has 0 radical (unpaired) electrons. The van der Waals surface area contributed by atoms with Crippen molar-refractivity contribution < 1.29 is 0 Å². The third-order valence-electron chi connectivity index (χ3n) is 2.72. The molecular formula is C10H20N4. The van der Waals surface area contributed by atoms with Crippen molar-refractivity contribution in [2.45, 2.75) is 46.7 Å². The fourth-order valence-corrected chi connectivity index (χ4v) is 1.42. The minimum atomic E-state index is 0.166. The Balaban J connectivity index is 2.64. The third-order valence-corrected chi connectivity index (χ3v) is 2.72. The summed E-state index contributed by atoms with van der Waals surface area (Å²) in [6, 6.07) is 0.166. The lowest BCUT2D eigenvalue weighted by atomic mass is 10.0. The molecule has 14 heavy (non-hydrogen) atoms. The average molecular weight is 196 g/mol. The zero-order valence-electron chi connectivity index (χ0n) is 9.49. The summed E-state index contributed by atoms with van der Waals surface area (Å²) in [5, 5.41) is 4.29. The lowest BCUT2D eigenvalue weighted by Crippen LogP contribution is -2.33. The molecule has 0 bridgehead atoms. The molecule has 0 saturated heterocycles. The van der Waals surface area contributed by atoms with Gasteiger partial charge in [-0.15, -0.1) is 0 Å². The zero-order valence-corrected chi connectivity index (χ0v) is 9.49. The second kappa shape index (κ2) is 4.55. The SMILES string of the molecule is CCC(C)C(N)Cn1nc(C)nc1C. The Bertz CT molecular complexity index is 292. The fraction of sp³-hybridized carbons (Fsp3) is 0.800. The minimum absolute atomic E-state index is 0.166. The molecule has 0 aliphatic rings. The molecule has 1 rings (SSSR count). The Hall–Kier alpha value is -0.900. The van der Waals surface area contributed by atoms with Crippen LogP contribution in [0.4, 0.5) is 0 Å². The van der Waals surface area contributed by atoms with E-state index in [1.54, 1.807) is 0 Å². The molecule has 1 aromatic rings. The van der Waals surface area contributed by atoms with E-state index in [0.717, 1.165) is 24.6 Å². The number of rotatable bonds is 4. The molecule has 80 valence electrons. The highest BCUT2D eigenvalue weighted by Crippen LogP contribution is 2.08. The van der Waals surface area contributed by atoms with Crippen molar-refractivity contribution in [3.05, 3.63) is 11.6 Å². The van der Waals surface area contributed by atoms with E-state index in [4.69, 9.17) is 5.73 Å². The molecule has 0 amide bonds. The van der Waals surface area contributed by atoms with Crippen molar-refractivity contribution in [2.24, 2.45) is 11.7 Å². The fourth-order valence-electron chi connectivity index (χ4n) is 1.42. The lowest BCUT2D eigenvalue weighted by molar-refractivity contribution is 0.377. The maximum atomic E-state index is 6.05. The topological polar surface area (TPSA) is 56.7 Å². The van der Waals surface area contributed by atoms with Crippen LogP contribution in [0, 0.1) is 19.8 Å². The van der Waals surface area contributed by atoms with Gasteiger partial charge >= 0.3 is 0 Å². The van der Waals surface area contributed by atoms with Gasteiger partial charge in [0, 0.05) is 6.04 Å². The number of aryl methyl sites for hydroxylation is 2. The van der Waals surface area contributed by atoms with Crippen molar-refractivity contribution in [1.29, 1.82) is 0 Å². The van der Waals surface area contributed by atoms with Crippen LogP contribution in [0.1, 0.15) is 31.9 Å². The van der Waals surface area contributed by atoms with Gasteiger partial charge in [0.2, 0.25) is 0 Å². The van der Waals surface area contributed by atoms with Crippen LogP contribution in [0.25, 0.3) is 0 Å². The molecular weight excluding hydrogens is 176 g/mol. The first kappa shape index (κ1) is 11.2. The summed E-state index contributed by atoms with van der Waals surface area (Å²) in [7, 11) is 0. The van der Waals surface area contributed by atoms with Gasteiger partial charge in [-0.1, -0.05) is 20.3 Å². The van der Waals surface area contributed by atoms with E-state index in [9.17, 15) is 0 Å². The highest BCUT2D eigenvalue weighted by atomic mass is 15.3. The molecule has 2 unspecified atom stereocenters. The average Bonchev–Trinajstić information content (AvgIpc) is 2.44. The van der Waals surface area contributed by atoms with Crippen molar-refractivity contribution in [1.82, 2.24) is 14.8 Å². The quantitative estimate of drug-likeness (QED) is 0.789. The van der Waals surface area contributed by atoms with E-state index in [2.05, 4.69) is 23.9 Å². The van der Waals surface area contributed by atoms with Crippen LogP contribution in [-0.4, -0.2) is 20.8 Å². The number of nitrogens with zero attached hydrogens (tertiary/aromatic N) is 3. The molecule has 0 spiro atoms. The van der Waals surface area contributed by atoms with Crippen molar-refractivity contribution in [2.75, 3.05) is 0 Å². The normalized spacial score (nSPS) is 15.5. The molecule has 1 aromatic heterocycles. The number of aromatic nitrogens is 3.